The van der Waals surface area contributed by atoms with Gasteiger partial charge < -0.3 is 10.1 Å². The summed E-state index contributed by atoms with van der Waals surface area (Å²) in [5, 5.41) is 11.4. The van der Waals surface area contributed by atoms with E-state index in [0.29, 0.717) is 6.42 Å². The molecule has 158 valence electrons. The van der Waals surface area contributed by atoms with Gasteiger partial charge in [0.15, 0.2) is 11.6 Å². The molecule has 0 amide bonds. The predicted octanol–water partition coefficient (Wildman–Crippen LogP) is 5.59. The minimum Gasteiger partial charge on any atom is -0.496 e. The number of hydrogen-bond acceptors (Lipinski definition) is 4. The largest absolute Gasteiger partial charge is 0.496 e. The van der Waals surface area contributed by atoms with Crippen LogP contribution in [-0.4, -0.2) is 23.1 Å². The van der Waals surface area contributed by atoms with Crippen LogP contribution in [-0.2, 0) is 4.79 Å². The minimum absolute atomic E-state index is 0.0815. The highest BCUT2D eigenvalue weighted by Gasteiger charge is 2.43. The first-order chi connectivity index (χ1) is 14.9. The Morgan fingerprint density at radius 3 is 2.55 bits per heavy atom. The lowest BCUT2D eigenvalue weighted by molar-refractivity contribution is -0.118. The number of rotatable bonds is 3. The van der Waals surface area contributed by atoms with Gasteiger partial charge in [0.25, 0.3) is 0 Å². The molecule has 0 fully saturated rings. The maximum Gasteiger partial charge on any atom is 0.162 e. The number of nitrogens with one attached hydrogen (secondary N) is 2. The van der Waals surface area contributed by atoms with Crippen LogP contribution in [0.25, 0.3) is 11.3 Å². The zero-order valence-corrected chi connectivity index (χ0v) is 18.4. The van der Waals surface area contributed by atoms with E-state index in [4.69, 9.17) is 4.74 Å². The van der Waals surface area contributed by atoms with E-state index in [1.54, 1.807) is 7.11 Å². The number of Topliss-reactive ketones (excluding diaryl/α,β-unsaturated/α-hetero) is 1. The van der Waals surface area contributed by atoms with Gasteiger partial charge in [0, 0.05) is 34.7 Å². The topological polar surface area (TPSA) is 67.0 Å². The molecule has 31 heavy (non-hydrogen) atoms. The predicted molar refractivity (Wildman–Crippen MR) is 122 cm³/mol. The van der Waals surface area contributed by atoms with Crippen LogP contribution in [0.5, 0.6) is 5.75 Å². The van der Waals surface area contributed by atoms with Crippen molar-refractivity contribution in [2.45, 2.75) is 39.5 Å². The van der Waals surface area contributed by atoms with Crippen molar-refractivity contribution in [1.29, 1.82) is 0 Å². The molecule has 2 aliphatic rings. The highest BCUT2D eigenvalue weighted by molar-refractivity contribution is 6.02. The van der Waals surface area contributed by atoms with Crippen molar-refractivity contribution in [3.05, 3.63) is 76.5 Å². The SMILES string of the molecule is COc1ccccc1C1C2=C(CC(C)(C)CC2=O)Nc2n[nH]c(-c3ccc(C)cc3)c21. The summed E-state index contributed by atoms with van der Waals surface area (Å²) in [4.78, 5) is 13.5. The second-order valence-corrected chi connectivity index (χ2v) is 9.36. The van der Waals surface area contributed by atoms with Crippen molar-refractivity contribution in [3.63, 3.8) is 0 Å². The number of carbonyl (C=O) groups excluding carboxylic acids is 1. The fourth-order valence-electron chi connectivity index (χ4n) is 4.95. The van der Waals surface area contributed by atoms with E-state index < -0.39 is 0 Å². The number of H-pyrrole nitrogens is 1. The summed E-state index contributed by atoms with van der Waals surface area (Å²) in [6, 6.07) is 16.4. The maximum atomic E-state index is 13.5. The Morgan fingerprint density at radius 2 is 1.81 bits per heavy atom. The molecule has 2 N–H and O–H groups in total. The number of allylic oxidation sites excluding steroid dienone is 2. The highest BCUT2D eigenvalue weighted by Crippen LogP contribution is 2.52. The number of aromatic nitrogens is 2. The normalized spacial score (nSPS) is 19.5. The van der Waals surface area contributed by atoms with Gasteiger partial charge in [-0.05, 0) is 30.4 Å². The van der Waals surface area contributed by atoms with Crippen molar-refractivity contribution in [3.8, 4) is 17.0 Å². The van der Waals surface area contributed by atoms with Gasteiger partial charge in [-0.15, -0.1) is 0 Å². The van der Waals surface area contributed by atoms with Gasteiger partial charge >= 0.3 is 0 Å². The Hall–Kier alpha value is -3.34. The molecule has 1 aromatic heterocycles. The molecule has 5 nitrogen and oxygen atoms in total. The number of ketones is 1. The van der Waals surface area contributed by atoms with E-state index in [1.165, 1.54) is 5.56 Å². The van der Waals surface area contributed by atoms with Crippen molar-refractivity contribution in [2.24, 2.45) is 5.41 Å². The van der Waals surface area contributed by atoms with Crippen LogP contribution < -0.4 is 10.1 Å². The monoisotopic (exact) mass is 413 g/mol. The molecule has 0 saturated heterocycles. The number of carbonyl (C=O) groups is 1. The van der Waals surface area contributed by atoms with Gasteiger partial charge in [0.2, 0.25) is 0 Å². The minimum atomic E-state index is -0.235. The van der Waals surface area contributed by atoms with E-state index >= 15 is 0 Å². The highest BCUT2D eigenvalue weighted by atomic mass is 16.5. The second kappa shape index (κ2) is 7.12. The Kier molecular flexibility index (Phi) is 4.50. The number of methoxy groups -OCH3 is 1. The molecule has 2 aromatic carbocycles. The number of ether oxygens (including phenoxy) is 1. The van der Waals surface area contributed by atoms with Gasteiger partial charge in [0.05, 0.1) is 12.8 Å². The first-order valence-electron chi connectivity index (χ1n) is 10.7. The molecule has 1 aliphatic carbocycles. The molecule has 0 saturated carbocycles. The number of benzene rings is 2. The number of fused-ring (bicyclic) bond motifs is 1. The van der Waals surface area contributed by atoms with Gasteiger partial charge in [-0.3, -0.25) is 9.89 Å². The van der Waals surface area contributed by atoms with Crippen LogP contribution in [0.15, 0.2) is 59.8 Å². The first-order valence-corrected chi connectivity index (χ1v) is 10.7. The third-order valence-electron chi connectivity index (χ3n) is 6.36. The molecule has 5 rings (SSSR count). The standard InChI is InChI=1S/C26H27N3O2/c1-15-9-11-16(12-10-15)24-23-21(17-7-5-6-8-20(17)31-4)22-18(27-25(23)29-28-24)13-26(2,3)14-19(22)30/h5-12,21H,13-14H2,1-4H3,(H2,27,28,29). The molecule has 1 unspecified atom stereocenters. The molecule has 0 bridgehead atoms. The van der Waals surface area contributed by atoms with Crippen LogP contribution in [0.3, 0.4) is 0 Å². The fourth-order valence-corrected chi connectivity index (χ4v) is 4.95. The third kappa shape index (κ3) is 3.25. The van der Waals surface area contributed by atoms with Gasteiger partial charge in [-0.1, -0.05) is 61.9 Å². The lowest BCUT2D eigenvalue weighted by Crippen LogP contribution is -2.33. The lowest BCUT2D eigenvalue weighted by Gasteiger charge is -2.38. The first kappa shape index (κ1) is 19.6. The fraction of sp³-hybridized carbons (Fsp3) is 0.308. The van der Waals surface area contributed by atoms with Crippen molar-refractivity contribution in [1.82, 2.24) is 10.2 Å². The number of aromatic amines is 1. The van der Waals surface area contributed by atoms with Gasteiger partial charge in [-0.2, -0.15) is 5.10 Å². The molecule has 5 heteroatoms. The molecule has 2 heterocycles. The molecule has 0 radical (unpaired) electrons. The van der Waals surface area contributed by atoms with E-state index in [-0.39, 0.29) is 17.1 Å². The molecule has 1 atom stereocenters. The van der Waals surface area contributed by atoms with E-state index in [2.05, 4.69) is 66.6 Å². The van der Waals surface area contributed by atoms with Crippen LogP contribution in [0.4, 0.5) is 5.82 Å². The zero-order chi connectivity index (χ0) is 21.8. The summed E-state index contributed by atoms with van der Waals surface area (Å²) >= 11 is 0. The average molecular weight is 414 g/mol. The van der Waals surface area contributed by atoms with E-state index in [0.717, 1.165) is 51.6 Å². The number of para-hydroxylation sites is 1. The average Bonchev–Trinajstić information content (AvgIpc) is 3.15. The quantitative estimate of drug-likeness (QED) is 0.587. The number of hydrogen-bond donors (Lipinski definition) is 2. The Balaban J connectivity index is 1.76. The van der Waals surface area contributed by atoms with Crippen LogP contribution in [0.2, 0.25) is 0 Å². The molecule has 0 spiro atoms. The molecular weight excluding hydrogens is 386 g/mol. The van der Waals surface area contributed by atoms with E-state index in [9.17, 15) is 4.79 Å². The van der Waals surface area contributed by atoms with Crippen LogP contribution in [0.1, 0.15) is 49.3 Å². The number of nitrogens with zero attached hydrogens (tertiary/aromatic N) is 1. The van der Waals surface area contributed by atoms with Crippen LogP contribution >= 0.6 is 0 Å². The van der Waals surface area contributed by atoms with Gasteiger partial charge in [0.1, 0.15) is 5.75 Å². The summed E-state index contributed by atoms with van der Waals surface area (Å²) < 4.78 is 5.72. The third-order valence-corrected chi connectivity index (χ3v) is 6.36. The second-order valence-electron chi connectivity index (χ2n) is 9.36. The summed E-state index contributed by atoms with van der Waals surface area (Å²) in [5.74, 6) is 1.52. The smallest absolute Gasteiger partial charge is 0.162 e. The lowest BCUT2D eigenvalue weighted by atomic mass is 9.68. The van der Waals surface area contributed by atoms with Crippen molar-refractivity contribution >= 4 is 11.6 Å². The van der Waals surface area contributed by atoms with E-state index in [1.807, 2.05) is 18.2 Å². The number of anilines is 1. The van der Waals surface area contributed by atoms with Crippen molar-refractivity contribution < 1.29 is 9.53 Å². The van der Waals surface area contributed by atoms with Gasteiger partial charge in [-0.25, -0.2) is 0 Å². The summed E-state index contributed by atoms with van der Waals surface area (Å²) in [7, 11) is 1.68. The Morgan fingerprint density at radius 1 is 1.06 bits per heavy atom. The summed E-state index contributed by atoms with van der Waals surface area (Å²) in [5.41, 5.74) is 6.91. The molecular formula is C26H27N3O2. The van der Waals surface area contributed by atoms with Crippen LogP contribution in [0, 0.1) is 12.3 Å². The maximum absolute atomic E-state index is 13.5. The zero-order valence-electron chi connectivity index (χ0n) is 18.4. The number of aryl methyl sites for hydroxylation is 1. The summed E-state index contributed by atoms with van der Waals surface area (Å²) in [6.07, 6.45) is 1.35. The Labute approximate surface area is 182 Å². The Bertz CT molecular complexity index is 1200. The van der Waals surface area contributed by atoms with Crippen molar-refractivity contribution in [2.75, 3.05) is 12.4 Å². The molecule has 3 aromatic rings. The molecule has 1 aliphatic heterocycles. The summed E-state index contributed by atoms with van der Waals surface area (Å²) in [6.45, 7) is 6.36.